The summed E-state index contributed by atoms with van der Waals surface area (Å²) in [6.07, 6.45) is -2.47. The second kappa shape index (κ2) is 7.29. The molecule has 10 heteroatoms. The number of ether oxygens (including phenoxy) is 2. The number of carbonyl (C=O) groups excluding carboxylic acids is 1. The predicted molar refractivity (Wildman–Crippen MR) is 96.1 cm³/mol. The van der Waals surface area contributed by atoms with Gasteiger partial charge in [-0.2, -0.15) is 0 Å². The Morgan fingerprint density at radius 1 is 1.28 bits per heavy atom. The number of carbonyl (C=O) groups is 1. The molecule has 160 valence electrons. The smallest absolute Gasteiger partial charge is 0.226 e. The predicted octanol–water partition coefficient (Wildman–Crippen LogP) is -1.51. The molecule has 0 aromatic heterocycles. The lowest BCUT2D eigenvalue weighted by atomic mass is 9.96. The van der Waals surface area contributed by atoms with Gasteiger partial charge < -0.3 is 45.4 Å². The third-order valence-corrected chi connectivity index (χ3v) is 6.04. The summed E-state index contributed by atoms with van der Waals surface area (Å²) in [7, 11) is 0. The monoisotopic (exact) mass is 411 g/mol. The van der Waals surface area contributed by atoms with Crippen molar-refractivity contribution in [1.29, 1.82) is 0 Å². The van der Waals surface area contributed by atoms with Gasteiger partial charge in [-0.3, -0.25) is 4.79 Å². The quantitative estimate of drug-likeness (QED) is 0.275. The summed E-state index contributed by atoms with van der Waals surface area (Å²) >= 11 is 0. The van der Waals surface area contributed by atoms with Gasteiger partial charge in [-0.1, -0.05) is 0 Å². The van der Waals surface area contributed by atoms with Crippen molar-refractivity contribution in [3.05, 3.63) is 17.7 Å². The Balaban J connectivity index is 1.42. The molecule has 4 rings (SSSR count). The Hall–Kier alpha value is -2.11. The molecular formula is C19H25NO9. The summed E-state index contributed by atoms with van der Waals surface area (Å²) < 4.78 is 11.0. The number of aromatic hydroxyl groups is 2. The van der Waals surface area contributed by atoms with Crippen LogP contribution < -0.4 is 10.1 Å². The zero-order valence-electron chi connectivity index (χ0n) is 15.6. The molecule has 2 saturated carbocycles. The number of hydrogen-bond donors (Lipinski definition) is 7. The number of aliphatic hydroxyl groups is 4. The molecule has 6 atom stereocenters. The van der Waals surface area contributed by atoms with Crippen LogP contribution in [0.3, 0.4) is 0 Å². The van der Waals surface area contributed by atoms with Crippen molar-refractivity contribution in [2.45, 2.75) is 61.9 Å². The van der Waals surface area contributed by atoms with E-state index in [4.69, 9.17) is 9.47 Å². The maximum absolute atomic E-state index is 12.4. The molecule has 1 aromatic carbocycles. The van der Waals surface area contributed by atoms with Crippen molar-refractivity contribution in [1.82, 2.24) is 5.32 Å². The van der Waals surface area contributed by atoms with Crippen LogP contribution in [0.1, 0.15) is 24.8 Å². The standard InChI is InChI=1S/C19H25NO9/c21-7-12-19(27)14(17(19)26)16(25)18(29-12)20-13(23)6-8-4-10(22)15(24)11(5-8)28-9-2-1-3-9/h4-5,9,12,14,16-18,21-22,24-27H,1-3,6-7H2,(H,20,23)/t12?,14-,16?,17?,18+,19?/m0/s1. The van der Waals surface area contributed by atoms with E-state index in [0.29, 0.717) is 5.56 Å². The molecule has 7 N–H and O–H groups in total. The lowest BCUT2D eigenvalue weighted by Crippen LogP contribution is -2.57. The van der Waals surface area contributed by atoms with Crippen molar-refractivity contribution in [3.8, 4) is 17.2 Å². The molecule has 1 saturated heterocycles. The van der Waals surface area contributed by atoms with Crippen LogP contribution in [0.2, 0.25) is 0 Å². The number of amides is 1. The van der Waals surface area contributed by atoms with E-state index in [1.165, 1.54) is 12.1 Å². The summed E-state index contributed by atoms with van der Waals surface area (Å²) in [6.45, 7) is -0.586. The third-order valence-electron chi connectivity index (χ3n) is 6.04. The van der Waals surface area contributed by atoms with E-state index in [1.54, 1.807) is 0 Å². The number of hydrogen-bond acceptors (Lipinski definition) is 9. The van der Waals surface area contributed by atoms with E-state index in [2.05, 4.69) is 5.32 Å². The highest BCUT2D eigenvalue weighted by Gasteiger charge is 2.75. The second-order valence-corrected chi connectivity index (χ2v) is 7.95. The number of phenolic OH excluding ortho intramolecular Hbond substituents is 2. The van der Waals surface area contributed by atoms with Crippen LogP contribution in [0, 0.1) is 5.92 Å². The van der Waals surface area contributed by atoms with Gasteiger partial charge >= 0.3 is 0 Å². The fourth-order valence-corrected chi connectivity index (χ4v) is 4.03. The van der Waals surface area contributed by atoms with E-state index in [1.807, 2.05) is 0 Å². The molecule has 0 spiro atoms. The van der Waals surface area contributed by atoms with E-state index in [9.17, 15) is 35.4 Å². The lowest BCUT2D eigenvalue weighted by Gasteiger charge is -2.35. The SMILES string of the molecule is O=C(Cc1cc(O)c(O)c(OC2CCC2)c1)N[C@@H]1OC(CO)C2(O)C(O)[C@@H]2C1O. The number of benzene rings is 1. The normalized spacial score (nSPS) is 36.1. The summed E-state index contributed by atoms with van der Waals surface area (Å²) in [5.74, 6) is -2.20. The zero-order chi connectivity index (χ0) is 20.9. The summed E-state index contributed by atoms with van der Waals surface area (Å²) in [4.78, 5) is 12.4. The summed E-state index contributed by atoms with van der Waals surface area (Å²) in [6, 6.07) is 2.70. The van der Waals surface area contributed by atoms with Crippen molar-refractivity contribution < 1.29 is 44.9 Å². The van der Waals surface area contributed by atoms with Gasteiger partial charge in [-0.15, -0.1) is 0 Å². The van der Waals surface area contributed by atoms with E-state index >= 15 is 0 Å². The van der Waals surface area contributed by atoms with E-state index < -0.39 is 54.3 Å². The minimum Gasteiger partial charge on any atom is -0.504 e. The molecular weight excluding hydrogens is 386 g/mol. The molecule has 1 heterocycles. The molecule has 10 nitrogen and oxygen atoms in total. The minimum atomic E-state index is -1.73. The molecule has 1 aliphatic heterocycles. The Kier molecular flexibility index (Phi) is 5.07. The van der Waals surface area contributed by atoms with Crippen LogP contribution in [0.15, 0.2) is 12.1 Å². The number of fused-ring (bicyclic) bond motifs is 1. The van der Waals surface area contributed by atoms with Gasteiger partial charge in [-0.05, 0) is 37.0 Å². The van der Waals surface area contributed by atoms with Gasteiger partial charge in [0.2, 0.25) is 11.7 Å². The highest BCUT2D eigenvalue weighted by Crippen LogP contribution is 2.53. The van der Waals surface area contributed by atoms with Gasteiger partial charge in [-0.25, -0.2) is 0 Å². The number of aliphatic hydroxyl groups excluding tert-OH is 3. The van der Waals surface area contributed by atoms with Crippen LogP contribution in [0.25, 0.3) is 0 Å². The Labute approximate surface area is 166 Å². The fourth-order valence-electron chi connectivity index (χ4n) is 4.03. The van der Waals surface area contributed by atoms with Crippen molar-refractivity contribution in [2.24, 2.45) is 5.92 Å². The van der Waals surface area contributed by atoms with Crippen molar-refractivity contribution in [2.75, 3.05) is 6.61 Å². The van der Waals surface area contributed by atoms with Gasteiger partial charge in [0.25, 0.3) is 0 Å². The second-order valence-electron chi connectivity index (χ2n) is 7.95. The molecule has 1 aromatic rings. The highest BCUT2D eigenvalue weighted by atomic mass is 16.6. The maximum Gasteiger partial charge on any atom is 0.226 e. The van der Waals surface area contributed by atoms with Crippen molar-refractivity contribution in [3.63, 3.8) is 0 Å². The molecule has 29 heavy (non-hydrogen) atoms. The Morgan fingerprint density at radius 2 is 2.00 bits per heavy atom. The molecule has 0 radical (unpaired) electrons. The average Bonchev–Trinajstić information content (AvgIpc) is 3.20. The number of phenols is 2. The minimum absolute atomic E-state index is 0.0331. The fraction of sp³-hybridized carbons (Fsp3) is 0.632. The Morgan fingerprint density at radius 3 is 2.62 bits per heavy atom. The summed E-state index contributed by atoms with van der Waals surface area (Å²) in [5.41, 5.74) is -1.36. The first-order valence-electron chi connectivity index (χ1n) is 9.61. The van der Waals surface area contributed by atoms with Crippen molar-refractivity contribution >= 4 is 5.91 Å². The summed E-state index contributed by atoms with van der Waals surface area (Å²) in [5, 5.41) is 62.1. The first-order chi connectivity index (χ1) is 13.8. The molecule has 3 aliphatic rings. The average molecular weight is 411 g/mol. The van der Waals surface area contributed by atoms with E-state index in [-0.39, 0.29) is 24.0 Å². The van der Waals surface area contributed by atoms with Crippen LogP contribution in [-0.4, -0.2) is 79.4 Å². The van der Waals surface area contributed by atoms with Crippen LogP contribution >= 0.6 is 0 Å². The van der Waals surface area contributed by atoms with Gasteiger partial charge in [0.1, 0.15) is 17.8 Å². The highest BCUT2D eigenvalue weighted by molar-refractivity contribution is 5.79. The number of nitrogens with one attached hydrogen (secondary N) is 1. The molecule has 0 bridgehead atoms. The van der Waals surface area contributed by atoms with E-state index in [0.717, 1.165) is 19.3 Å². The molecule has 3 fully saturated rings. The van der Waals surface area contributed by atoms with Gasteiger partial charge in [0.15, 0.2) is 17.7 Å². The first kappa shape index (κ1) is 20.2. The first-order valence-corrected chi connectivity index (χ1v) is 9.61. The molecule has 4 unspecified atom stereocenters. The largest absolute Gasteiger partial charge is 0.504 e. The van der Waals surface area contributed by atoms with Crippen LogP contribution in [0.4, 0.5) is 0 Å². The maximum atomic E-state index is 12.4. The van der Waals surface area contributed by atoms with Gasteiger partial charge in [0, 0.05) is 0 Å². The van der Waals surface area contributed by atoms with Crippen LogP contribution in [-0.2, 0) is 16.0 Å². The van der Waals surface area contributed by atoms with Gasteiger partial charge in [0.05, 0.1) is 31.2 Å². The lowest BCUT2D eigenvalue weighted by molar-refractivity contribution is -0.197. The zero-order valence-corrected chi connectivity index (χ0v) is 15.6. The molecule has 1 amide bonds. The molecule has 2 aliphatic carbocycles. The third kappa shape index (κ3) is 3.40. The van der Waals surface area contributed by atoms with Crippen LogP contribution in [0.5, 0.6) is 17.2 Å². The Bertz CT molecular complexity index is 794. The number of rotatable bonds is 6. The topological polar surface area (TPSA) is 169 Å².